The Balaban J connectivity index is 1.88. The highest BCUT2D eigenvalue weighted by molar-refractivity contribution is 7.09. The number of ether oxygens (including phenoxy) is 1. The van der Waals surface area contributed by atoms with Gasteiger partial charge in [0.1, 0.15) is 10.8 Å². The van der Waals surface area contributed by atoms with E-state index in [2.05, 4.69) is 4.98 Å². The van der Waals surface area contributed by atoms with Crippen LogP contribution in [0.2, 0.25) is 0 Å². The summed E-state index contributed by atoms with van der Waals surface area (Å²) < 4.78 is 31.1. The zero-order valence-electron chi connectivity index (χ0n) is 9.53. The molecule has 1 heterocycles. The molecule has 0 saturated heterocycles. The Morgan fingerprint density at radius 1 is 1.33 bits per heavy atom. The summed E-state index contributed by atoms with van der Waals surface area (Å²) in [5, 5.41) is 2.75. The molecule has 0 aliphatic carbocycles. The number of hydrogen-bond donors (Lipinski definition) is 1. The van der Waals surface area contributed by atoms with Crippen LogP contribution in [0.15, 0.2) is 23.6 Å². The molecule has 0 radical (unpaired) electrons. The second-order valence-electron chi connectivity index (χ2n) is 3.61. The molecule has 2 aromatic rings. The summed E-state index contributed by atoms with van der Waals surface area (Å²) in [6.07, 6.45) is 0.563. The van der Waals surface area contributed by atoms with E-state index in [9.17, 15) is 8.78 Å². The van der Waals surface area contributed by atoms with Crippen LogP contribution < -0.4 is 10.5 Å². The Morgan fingerprint density at radius 2 is 2.17 bits per heavy atom. The monoisotopic (exact) mass is 270 g/mol. The van der Waals surface area contributed by atoms with E-state index < -0.39 is 11.6 Å². The first kappa shape index (κ1) is 12.9. The maximum atomic E-state index is 13.2. The van der Waals surface area contributed by atoms with Gasteiger partial charge in [-0.15, -0.1) is 11.3 Å². The first-order valence-electron chi connectivity index (χ1n) is 5.40. The van der Waals surface area contributed by atoms with E-state index in [1.54, 1.807) is 0 Å². The third-order valence-corrected chi connectivity index (χ3v) is 3.20. The molecule has 0 saturated carbocycles. The van der Waals surface area contributed by atoms with Gasteiger partial charge in [-0.2, -0.15) is 0 Å². The summed E-state index contributed by atoms with van der Waals surface area (Å²) in [6, 6.07) is 3.23. The Bertz CT molecular complexity index is 531. The topological polar surface area (TPSA) is 48.1 Å². The van der Waals surface area contributed by atoms with Gasteiger partial charge >= 0.3 is 0 Å². The van der Waals surface area contributed by atoms with Crippen molar-refractivity contribution >= 4 is 11.3 Å². The summed E-state index contributed by atoms with van der Waals surface area (Å²) in [6.45, 7) is 0.703. The van der Waals surface area contributed by atoms with Gasteiger partial charge in [-0.05, 0) is 12.1 Å². The highest BCUT2D eigenvalue weighted by Crippen LogP contribution is 2.18. The molecule has 0 unspecified atom stereocenters. The second-order valence-corrected chi connectivity index (χ2v) is 4.55. The SMILES string of the molecule is NCc1nc(CCOc2ccc(F)cc2F)cs1. The van der Waals surface area contributed by atoms with Gasteiger partial charge in [0.2, 0.25) is 0 Å². The van der Waals surface area contributed by atoms with Crippen molar-refractivity contribution in [1.29, 1.82) is 0 Å². The third kappa shape index (κ3) is 3.24. The van der Waals surface area contributed by atoms with Gasteiger partial charge < -0.3 is 10.5 Å². The summed E-state index contributed by atoms with van der Waals surface area (Å²) >= 11 is 1.49. The maximum absolute atomic E-state index is 13.2. The zero-order chi connectivity index (χ0) is 13.0. The van der Waals surface area contributed by atoms with E-state index in [4.69, 9.17) is 10.5 Å². The van der Waals surface area contributed by atoms with Crippen molar-refractivity contribution in [3.05, 3.63) is 45.9 Å². The number of nitrogens with zero attached hydrogens (tertiary/aromatic N) is 1. The van der Waals surface area contributed by atoms with Crippen molar-refractivity contribution in [2.75, 3.05) is 6.61 Å². The van der Waals surface area contributed by atoms with Gasteiger partial charge in [0.05, 0.1) is 12.3 Å². The quantitative estimate of drug-likeness (QED) is 0.908. The summed E-state index contributed by atoms with van der Waals surface area (Å²) in [7, 11) is 0. The van der Waals surface area contributed by atoms with E-state index in [0.717, 1.165) is 22.8 Å². The molecule has 2 rings (SSSR count). The lowest BCUT2D eigenvalue weighted by Crippen LogP contribution is -2.04. The molecule has 1 aromatic carbocycles. The van der Waals surface area contributed by atoms with Gasteiger partial charge in [0.25, 0.3) is 0 Å². The summed E-state index contributed by atoms with van der Waals surface area (Å²) in [4.78, 5) is 4.26. The maximum Gasteiger partial charge on any atom is 0.167 e. The lowest BCUT2D eigenvalue weighted by atomic mass is 10.3. The molecular formula is C12H12F2N2OS. The zero-order valence-corrected chi connectivity index (χ0v) is 10.3. The number of benzene rings is 1. The Labute approximate surface area is 107 Å². The summed E-state index contributed by atoms with van der Waals surface area (Å²) in [5.41, 5.74) is 6.31. The van der Waals surface area contributed by atoms with Crippen LogP contribution in [-0.4, -0.2) is 11.6 Å². The predicted molar refractivity (Wildman–Crippen MR) is 65.6 cm³/mol. The average Bonchev–Trinajstić information content (AvgIpc) is 2.80. The molecule has 0 amide bonds. The average molecular weight is 270 g/mol. The molecule has 6 heteroatoms. The highest BCUT2D eigenvalue weighted by Gasteiger charge is 2.05. The molecule has 96 valence electrons. The van der Waals surface area contributed by atoms with E-state index in [0.29, 0.717) is 13.0 Å². The van der Waals surface area contributed by atoms with Crippen LogP contribution >= 0.6 is 11.3 Å². The number of nitrogens with two attached hydrogens (primary N) is 1. The van der Waals surface area contributed by atoms with E-state index in [1.807, 2.05) is 5.38 Å². The molecule has 0 atom stereocenters. The molecule has 0 bridgehead atoms. The third-order valence-electron chi connectivity index (χ3n) is 2.28. The highest BCUT2D eigenvalue weighted by atomic mass is 32.1. The minimum absolute atomic E-state index is 0.0469. The fourth-order valence-corrected chi connectivity index (χ4v) is 2.12. The number of aromatic nitrogens is 1. The van der Waals surface area contributed by atoms with Gasteiger partial charge in [0, 0.05) is 24.4 Å². The van der Waals surface area contributed by atoms with Crippen molar-refractivity contribution < 1.29 is 13.5 Å². The van der Waals surface area contributed by atoms with Crippen LogP contribution in [0.5, 0.6) is 5.75 Å². The van der Waals surface area contributed by atoms with Crippen molar-refractivity contribution in [3.8, 4) is 5.75 Å². The van der Waals surface area contributed by atoms with Crippen LogP contribution in [0, 0.1) is 11.6 Å². The lowest BCUT2D eigenvalue weighted by molar-refractivity contribution is 0.303. The molecule has 0 spiro atoms. The molecule has 1 aromatic heterocycles. The Hall–Kier alpha value is -1.53. The molecule has 2 N–H and O–H groups in total. The van der Waals surface area contributed by atoms with Gasteiger partial charge in [-0.25, -0.2) is 13.8 Å². The van der Waals surface area contributed by atoms with Crippen LogP contribution in [0.4, 0.5) is 8.78 Å². The van der Waals surface area contributed by atoms with Crippen LogP contribution in [0.1, 0.15) is 10.7 Å². The van der Waals surface area contributed by atoms with Crippen molar-refractivity contribution in [3.63, 3.8) is 0 Å². The number of halogens is 2. The van der Waals surface area contributed by atoms with Crippen LogP contribution in [0.25, 0.3) is 0 Å². The lowest BCUT2D eigenvalue weighted by Gasteiger charge is -2.05. The first-order chi connectivity index (χ1) is 8.69. The second kappa shape index (κ2) is 5.88. The minimum atomic E-state index is -0.698. The number of hydrogen-bond acceptors (Lipinski definition) is 4. The molecular weight excluding hydrogens is 258 g/mol. The van der Waals surface area contributed by atoms with Crippen molar-refractivity contribution in [2.24, 2.45) is 5.73 Å². The normalized spacial score (nSPS) is 10.6. The Morgan fingerprint density at radius 3 is 2.83 bits per heavy atom. The van der Waals surface area contributed by atoms with E-state index in [-0.39, 0.29) is 12.4 Å². The fraction of sp³-hybridized carbons (Fsp3) is 0.250. The minimum Gasteiger partial charge on any atom is -0.490 e. The molecule has 18 heavy (non-hydrogen) atoms. The number of thiazole rings is 1. The molecule has 3 nitrogen and oxygen atoms in total. The first-order valence-corrected chi connectivity index (χ1v) is 6.28. The fourth-order valence-electron chi connectivity index (χ4n) is 1.42. The molecule has 0 aliphatic heterocycles. The van der Waals surface area contributed by atoms with Gasteiger partial charge in [0.15, 0.2) is 11.6 Å². The number of rotatable bonds is 5. The van der Waals surface area contributed by atoms with E-state index >= 15 is 0 Å². The van der Waals surface area contributed by atoms with Gasteiger partial charge in [-0.1, -0.05) is 0 Å². The van der Waals surface area contributed by atoms with Crippen LogP contribution in [0.3, 0.4) is 0 Å². The molecule has 0 fully saturated rings. The molecule has 0 aliphatic rings. The van der Waals surface area contributed by atoms with Gasteiger partial charge in [-0.3, -0.25) is 0 Å². The summed E-state index contributed by atoms with van der Waals surface area (Å²) in [5.74, 6) is -1.27. The Kier molecular flexibility index (Phi) is 4.22. The predicted octanol–water partition coefficient (Wildman–Crippen LogP) is 2.50. The van der Waals surface area contributed by atoms with Crippen LogP contribution in [-0.2, 0) is 13.0 Å². The smallest absolute Gasteiger partial charge is 0.167 e. The van der Waals surface area contributed by atoms with Crippen molar-refractivity contribution in [1.82, 2.24) is 4.98 Å². The van der Waals surface area contributed by atoms with Crippen molar-refractivity contribution in [2.45, 2.75) is 13.0 Å². The standard InChI is InChI=1S/C12H12F2N2OS/c13-8-1-2-11(10(14)5-8)17-4-3-9-7-18-12(6-15)16-9/h1-2,5,7H,3-4,6,15H2. The largest absolute Gasteiger partial charge is 0.490 e. The van der Waals surface area contributed by atoms with E-state index in [1.165, 1.54) is 17.4 Å².